The molecule has 0 radical (unpaired) electrons. The lowest BCUT2D eigenvalue weighted by atomic mass is 9.94. The maximum absolute atomic E-state index is 12.3. The zero-order valence-electron chi connectivity index (χ0n) is 15.0. The van der Waals surface area contributed by atoms with E-state index in [-0.39, 0.29) is 5.91 Å². The Bertz CT molecular complexity index is 661. The average Bonchev–Trinajstić information content (AvgIpc) is 3.12. The molecule has 5 heteroatoms. The van der Waals surface area contributed by atoms with E-state index in [4.69, 9.17) is 0 Å². The lowest BCUT2D eigenvalue weighted by Gasteiger charge is -2.31. The van der Waals surface area contributed by atoms with E-state index in [1.165, 1.54) is 37.7 Å². The number of amides is 1. The Hall–Kier alpha value is -2.14. The van der Waals surface area contributed by atoms with E-state index in [0.717, 1.165) is 6.54 Å². The van der Waals surface area contributed by atoms with Gasteiger partial charge in [0.2, 0.25) is 0 Å². The van der Waals surface area contributed by atoms with Crippen LogP contribution in [0.2, 0.25) is 0 Å². The Labute approximate surface area is 150 Å². The van der Waals surface area contributed by atoms with Gasteiger partial charge in [-0.1, -0.05) is 49.6 Å². The molecule has 1 aliphatic carbocycles. The van der Waals surface area contributed by atoms with Gasteiger partial charge in [0.05, 0.1) is 18.3 Å². The molecule has 3 rings (SSSR count). The van der Waals surface area contributed by atoms with Crippen molar-refractivity contribution in [1.82, 2.24) is 20.0 Å². The minimum atomic E-state index is -0.0450. The monoisotopic (exact) mass is 340 g/mol. The molecule has 2 aromatic rings. The topological polar surface area (TPSA) is 50.2 Å². The number of hydrogen-bond acceptors (Lipinski definition) is 3. The molecule has 5 nitrogen and oxygen atoms in total. The fourth-order valence-corrected chi connectivity index (χ4v) is 3.49. The van der Waals surface area contributed by atoms with E-state index >= 15 is 0 Å². The molecule has 0 unspecified atom stereocenters. The van der Waals surface area contributed by atoms with Gasteiger partial charge < -0.3 is 10.2 Å². The van der Waals surface area contributed by atoms with Crippen LogP contribution >= 0.6 is 0 Å². The van der Waals surface area contributed by atoms with Crippen molar-refractivity contribution >= 4 is 5.91 Å². The summed E-state index contributed by atoms with van der Waals surface area (Å²) in [7, 11) is 2.17. The second kappa shape index (κ2) is 8.81. The fraction of sp³-hybridized carbons (Fsp3) is 0.500. The normalized spacial score (nSPS) is 15.4. The largest absolute Gasteiger partial charge is 0.351 e. The lowest BCUT2D eigenvalue weighted by Crippen LogP contribution is -2.39. The van der Waals surface area contributed by atoms with Crippen molar-refractivity contribution in [2.24, 2.45) is 0 Å². The first-order valence-corrected chi connectivity index (χ1v) is 9.27. The molecule has 0 bridgehead atoms. The van der Waals surface area contributed by atoms with Gasteiger partial charge in [0.15, 0.2) is 0 Å². The van der Waals surface area contributed by atoms with Crippen molar-refractivity contribution in [3.8, 4) is 0 Å². The third-order valence-electron chi connectivity index (χ3n) is 5.03. The quantitative estimate of drug-likeness (QED) is 0.843. The molecule has 1 fully saturated rings. The van der Waals surface area contributed by atoms with Gasteiger partial charge in [0.1, 0.15) is 0 Å². The number of carbonyl (C=O) groups excluding carboxylic acids is 1. The van der Waals surface area contributed by atoms with E-state index < -0.39 is 0 Å². The number of rotatable bonds is 7. The van der Waals surface area contributed by atoms with Crippen LogP contribution in [-0.4, -0.2) is 46.8 Å². The first-order chi connectivity index (χ1) is 12.2. The summed E-state index contributed by atoms with van der Waals surface area (Å²) in [6.45, 7) is 2.25. The van der Waals surface area contributed by atoms with Gasteiger partial charge in [-0.2, -0.15) is 5.10 Å². The first-order valence-electron chi connectivity index (χ1n) is 9.27. The molecular formula is C20H28N4O. The van der Waals surface area contributed by atoms with Gasteiger partial charge in [0, 0.05) is 25.3 Å². The molecule has 1 heterocycles. The highest BCUT2D eigenvalue weighted by molar-refractivity contribution is 5.93. The molecule has 25 heavy (non-hydrogen) atoms. The van der Waals surface area contributed by atoms with Crippen LogP contribution in [0.25, 0.3) is 0 Å². The van der Waals surface area contributed by atoms with E-state index in [0.29, 0.717) is 24.7 Å². The van der Waals surface area contributed by atoms with Gasteiger partial charge in [-0.05, 0) is 25.5 Å². The Morgan fingerprint density at radius 3 is 2.76 bits per heavy atom. The van der Waals surface area contributed by atoms with Gasteiger partial charge in [0.25, 0.3) is 5.91 Å². The Morgan fingerprint density at radius 1 is 1.24 bits per heavy atom. The van der Waals surface area contributed by atoms with Crippen LogP contribution < -0.4 is 5.32 Å². The predicted molar refractivity (Wildman–Crippen MR) is 99.6 cm³/mol. The zero-order valence-corrected chi connectivity index (χ0v) is 15.0. The standard InChI is InChI=1S/C20H28N4O/c1-23(19-10-6-3-7-11-19)13-12-21-20(25)18-14-22-24(16-18)15-17-8-4-2-5-9-17/h2,4-5,8-9,14,16,19H,3,6-7,10-13,15H2,1H3,(H,21,25). The SMILES string of the molecule is CN(CCNC(=O)c1cnn(Cc2ccccc2)c1)C1CCCCC1. The molecule has 0 aliphatic heterocycles. The number of likely N-dealkylation sites (N-methyl/N-ethyl adjacent to an activating group) is 1. The molecule has 134 valence electrons. The van der Waals surface area contributed by atoms with Crippen molar-refractivity contribution in [2.75, 3.05) is 20.1 Å². The highest BCUT2D eigenvalue weighted by atomic mass is 16.1. The Balaban J connectivity index is 1.44. The van der Waals surface area contributed by atoms with E-state index in [1.807, 2.05) is 24.4 Å². The number of hydrogen-bond donors (Lipinski definition) is 1. The van der Waals surface area contributed by atoms with Crippen LogP contribution in [0.15, 0.2) is 42.7 Å². The summed E-state index contributed by atoms with van der Waals surface area (Å²) in [4.78, 5) is 14.7. The highest BCUT2D eigenvalue weighted by Crippen LogP contribution is 2.21. The number of benzene rings is 1. The van der Waals surface area contributed by atoms with Crippen molar-refractivity contribution in [2.45, 2.75) is 44.7 Å². The number of aromatic nitrogens is 2. The second-order valence-corrected chi connectivity index (χ2v) is 6.94. The second-order valence-electron chi connectivity index (χ2n) is 6.94. The number of carbonyl (C=O) groups is 1. The van der Waals surface area contributed by atoms with Crippen LogP contribution in [0.4, 0.5) is 0 Å². The molecule has 0 spiro atoms. The lowest BCUT2D eigenvalue weighted by molar-refractivity contribution is 0.0944. The van der Waals surface area contributed by atoms with Gasteiger partial charge in [-0.15, -0.1) is 0 Å². The van der Waals surface area contributed by atoms with Crippen molar-refractivity contribution in [3.63, 3.8) is 0 Å². The summed E-state index contributed by atoms with van der Waals surface area (Å²) in [5, 5.41) is 7.31. The predicted octanol–water partition coefficient (Wildman–Crippen LogP) is 2.93. The number of nitrogens with zero attached hydrogens (tertiary/aromatic N) is 3. The van der Waals surface area contributed by atoms with E-state index in [1.54, 1.807) is 10.9 Å². The molecule has 1 aromatic heterocycles. The fourth-order valence-electron chi connectivity index (χ4n) is 3.49. The van der Waals surface area contributed by atoms with Crippen LogP contribution in [0.3, 0.4) is 0 Å². The minimum absolute atomic E-state index is 0.0450. The smallest absolute Gasteiger partial charge is 0.254 e. The van der Waals surface area contributed by atoms with E-state index in [2.05, 4.69) is 34.5 Å². The summed E-state index contributed by atoms with van der Waals surface area (Å²) in [6.07, 6.45) is 10.1. The number of nitrogens with one attached hydrogen (secondary N) is 1. The van der Waals surface area contributed by atoms with E-state index in [9.17, 15) is 4.79 Å². The van der Waals surface area contributed by atoms with Gasteiger partial charge in [-0.3, -0.25) is 9.48 Å². The molecule has 1 aromatic carbocycles. The summed E-state index contributed by atoms with van der Waals surface area (Å²) < 4.78 is 1.80. The Kier molecular flexibility index (Phi) is 6.23. The molecular weight excluding hydrogens is 312 g/mol. The maximum Gasteiger partial charge on any atom is 0.254 e. The highest BCUT2D eigenvalue weighted by Gasteiger charge is 2.17. The van der Waals surface area contributed by atoms with Crippen molar-refractivity contribution in [1.29, 1.82) is 0 Å². The zero-order chi connectivity index (χ0) is 17.5. The minimum Gasteiger partial charge on any atom is -0.351 e. The third kappa shape index (κ3) is 5.16. The molecule has 1 saturated carbocycles. The first kappa shape index (κ1) is 17.7. The third-order valence-corrected chi connectivity index (χ3v) is 5.03. The van der Waals surface area contributed by atoms with Crippen molar-refractivity contribution < 1.29 is 4.79 Å². The summed E-state index contributed by atoms with van der Waals surface area (Å²) in [5.74, 6) is -0.0450. The summed E-state index contributed by atoms with van der Waals surface area (Å²) >= 11 is 0. The molecule has 1 aliphatic rings. The van der Waals surface area contributed by atoms with Gasteiger partial charge in [-0.25, -0.2) is 0 Å². The maximum atomic E-state index is 12.3. The van der Waals surface area contributed by atoms with Crippen LogP contribution in [-0.2, 0) is 6.54 Å². The van der Waals surface area contributed by atoms with Crippen LogP contribution in [0.1, 0.15) is 48.0 Å². The van der Waals surface area contributed by atoms with Gasteiger partial charge >= 0.3 is 0 Å². The molecule has 0 saturated heterocycles. The average molecular weight is 340 g/mol. The Morgan fingerprint density at radius 2 is 2.00 bits per heavy atom. The van der Waals surface area contributed by atoms with Crippen molar-refractivity contribution in [3.05, 3.63) is 53.9 Å². The summed E-state index contributed by atoms with van der Waals surface area (Å²) in [5.41, 5.74) is 1.79. The molecule has 1 amide bonds. The van der Waals surface area contributed by atoms with Crippen LogP contribution in [0, 0.1) is 0 Å². The van der Waals surface area contributed by atoms with Crippen LogP contribution in [0.5, 0.6) is 0 Å². The molecule has 1 N–H and O–H groups in total. The summed E-state index contributed by atoms with van der Waals surface area (Å²) in [6, 6.07) is 10.8. The molecule has 0 atom stereocenters.